The van der Waals surface area contributed by atoms with Crippen molar-refractivity contribution in [1.82, 2.24) is 5.32 Å². The molecule has 5 heteroatoms. The van der Waals surface area contributed by atoms with Gasteiger partial charge >= 0.3 is 0 Å². The van der Waals surface area contributed by atoms with Crippen LogP contribution >= 0.6 is 23.2 Å². The van der Waals surface area contributed by atoms with Crippen LogP contribution in [-0.4, -0.2) is 28.0 Å². The second-order valence-electron chi connectivity index (χ2n) is 7.24. The molecule has 0 bridgehead atoms. The van der Waals surface area contributed by atoms with Crippen molar-refractivity contribution in [2.24, 2.45) is 0 Å². The van der Waals surface area contributed by atoms with Gasteiger partial charge in [-0.1, -0.05) is 44.0 Å². The summed E-state index contributed by atoms with van der Waals surface area (Å²) in [4.78, 5) is 0. The molecule has 126 valence electrons. The predicted molar refractivity (Wildman–Crippen MR) is 101 cm³/mol. The van der Waals surface area contributed by atoms with Crippen LogP contribution < -0.4 is 5.32 Å². The minimum absolute atomic E-state index is 0.277. The third-order valence-corrected chi connectivity index (χ3v) is 9.26. The Kier molecular flexibility index (Phi) is 7.90. The molecule has 0 saturated carbocycles. The van der Waals surface area contributed by atoms with Crippen molar-refractivity contribution in [3.05, 3.63) is 33.8 Å². The summed E-state index contributed by atoms with van der Waals surface area (Å²) in [7, 11) is -1.61. The summed E-state index contributed by atoms with van der Waals surface area (Å²) in [5.41, 5.74) is 1.19. The molecular weight excluding hydrogens is 333 g/mol. The zero-order valence-electron chi connectivity index (χ0n) is 14.4. The zero-order valence-corrected chi connectivity index (χ0v) is 16.9. The Morgan fingerprint density at radius 1 is 1.05 bits per heavy atom. The third kappa shape index (κ3) is 7.01. The van der Waals surface area contributed by atoms with Gasteiger partial charge in [0.1, 0.15) is 0 Å². The Labute approximate surface area is 146 Å². The Morgan fingerprint density at radius 3 is 2.18 bits per heavy atom. The van der Waals surface area contributed by atoms with Gasteiger partial charge < -0.3 is 9.74 Å². The molecule has 22 heavy (non-hydrogen) atoms. The van der Waals surface area contributed by atoms with E-state index in [1.165, 1.54) is 5.56 Å². The van der Waals surface area contributed by atoms with Crippen molar-refractivity contribution < 1.29 is 4.43 Å². The van der Waals surface area contributed by atoms with E-state index >= 15 is 0 Å². The second-order valence-corrected chi connectivity index (χ2v) is 12.9. The highest BCUT2D eigenvalue weighted by Gasteiger charge is 2.36. The normalized spacial score (nSPS) is 12.7. The summed E-state index contributed by atoms with van der Waals surface area (Å²) in [5, 5.41) is 5.13. The molecule has 0 aliphatic heterocycles. The standard InChI is InChI=1S/C17H29Cl2NOSi/c1-17(2,3)22(4,5)21-10-9-20-8-6-7-14-11-15(18)13-16(19)12-14/h11-13,20H,6-10H2,1-5H3. The van der Waals surface area contributed by atoms with E-state index in [0.717, 1.165) is 32.5 Å². The van der Waals surface area contributed by atoms with Gasteiger partial charge in [-0.3, -0.25) is 0 Å². The van der Waals surface area contributed by atoms with Gasteiger partial charge in [-0.05, 0) is 61.3 Å². The molecule has 1 N–H and O–H groups in total. The van der Waals surface area contributed by atoms with E-state index in [0.29, 0.717) is 10.0 Å². The molecule has 0 saturated heterocycles. The molecule has 0 amide bonds. The minimum Gasteiger partial charge on any atom is -0.416 e. The van der Waals surface area contributed by atoms with Gasteiger partial charge in [0.05, 0.1) is 0 Å². The van der Waals surface area contributed by atoms with Crippen molar-refractivity contribution in [3.63, 3.8) is 0 Å². The Bertz CT molecular complexity index is 452. The minimum atomic E-state index is -1.61. The van der Waals surface area contributed by atoms with Crippen LogP contribution in [0, 0.1) is 0 Å². The summed E-state index contributed by atoms with van der Waals surface area (Å²) in [6.45, 7) is 14.0. The number of halogens is 2. The Balaban J connectivity index is 2.16. The molecule has 0 unspecified atom stereocenters. The average Bonchev–Trinajstić information content (AvgIpc) is 2.35. The summed E-state index contributed by atoms with van der Waals surface area (Å²) >= 11 is 12.0. The van der Waals surface area contributed by atoms with Gasteiger partial charge in [-0.15, -0.1) is 0 Å². The van der Waals surface area contributed by atoms with Crippen LogP contribution in [0.4, 0.5) is 0 Å². The fourth-order valence-corrected chi connectivity index (χ4v) is 3.51. The molecule has 1 aromatic rings. The molecule has 2 nitrogen and oxygen atoms in total. The first-order chi connectivity index (χ1) is 10.1. The van der Waals surface area contributed by atoms with Gasteiger partial charge in [-0.2, -0.15) is 0 Å². The lowest BCUT2D eigenvalue weighted by atomic mass is 10.1. The van der Waals surface area contributed by atoms with Crippen molar-refractivity contribution in [1.29, 1.82) is 0 Å². The third-order valence-electron chi connectivity index (χ3n) is 4.29. The summed E-state index contributed by atoms with van der Waals surface area (Å²) in [6.07, 6.45) is 2.05. The van der Waals surface area contributed by atoms with Crippen molar-refractivity contribution in [3.8, 4) is 0 Å². The fraction of sp³-hybridized carbons (Fsp3) is 0.647. The zero-order chi connectivity index (χ0) is 16.8. The number of hydrogen-bond acceptors (Lipinski definition) is 2. The number of nitrogens with one attached hydrogen (secondary N) is 1. The molecule has 0 spiro atoms. The van der Waals surface area contributed by atoms with Gasteiger partial charge in [0.15, 0.2) is 8.32 Å². The Morgan fingerprint density at radius 2 is 1.64 bits per heavy atom. The molecule has 0 fully saturated rings. The topological polar surface area (TPSA) is 21.3 Å². The fourth-order valence-electron chi connectivity index (χ4n) is 1.89. The summed E-state index contributed by atoms with van der Waals surface area (Å²) in [5.74, 6) is 0. The van der Waals surface area contributed by atoms with E-state index < -0.39 is 8.32 Å². The predicted octanol–water partition coefficient (Wildman–Crippen LogP) is 5.54. The average molecular weight is 362 g/mol. The number of aryl methyl sites for hydroxylation is 1. The number of rotatable bonds is 8. The lowest BCUT2D eigenvalue weighted by molar-refractivity contribution is 0.286. The highest BCUT2D eigenvalue weighted by Crippen LogP contribution is 2.36. The molecule has 0 aliphatic carbocycles. The first-order valence-electron chi connectivity index (χ1n) is 7.91. The molecule has 0 aliphatic rings. The monoisotopic (exact) mass is 361 g/mol. The van der Waals surface area contributed by atoms with E-state index in [2.05, 4.69) is 39.2 Å². The molecular formula is C17H29Cl2NOSi. The quantitative estimate of drug-likeness (QED) is 0.484. The summed E-state index contributed by atoms with van der Waals surface area (Å²) < 4.78 is 6.13. The van der Waals surface area contributed by atoms with E-state index in [4.69, 9.17) is 27.6 Å². The SMILES string of the molecule is CC(C)(C)[Si](C)(C)OCCNCCCc1cc(Cl)cc(Cl)c1. The maximum absolute atomic E-state index is 6.13. The van der Waals surface area contributed by atoms with Crippen LogP contribution in [0.1, 0.15) is 32.8 Å². The van der Waals surface area contributed by atoms with Crippen LogP contribution in [0.2, 0.25) is 28.2 Å². The molecule has 0 heterocycles. The van der Waals surface area contributed by atoms with E-state index in [-0.39, 0.29) is 5.04 Å². The molecule has 0 atom stereocenters. The first-order valence-corrected chi connectivity index (χ1v) is 11.6. The highest BCUT2D eigenvalue weighted by atomic mass is 35.5. The number of benzene rings is 1. The molecule has 1 rings (SSSR count). The van der Waals surface area contributed by atoms with Gasteiger partial charge in [0, 0.05) is 23.2 Å². The van der Waals surface area contributed by atoms with Crippen LogP contribution in [0.15, 0.2) is 18.2 Å². The van der Waals surface area contributed by atoms with Crippen LogP contribution in [0.3, 0.4) is 0 Å². The highest BCUT2D eigenvalue weighted by molar-refractivity contribution is 6.74. The summed E-state index contributed by atoms with van der Waals surface area (Å²) in [6, 6.07) is 5.73. The van der Waals surface area contributed by atoms with Crippen LogP contribution in [0.25, 0.3) is 0 Å². The van der Waals surface area contributed by atoms with E-state index in [1.807, 2.05) is 12.1 Å². The van der Waals surface area contributed by atoms with E-state index in [1.54, 1.807) is 6.07 Å². The van der Waals surface area contributed by atoms with Gasteiger partial charge in [0.2, 0.25) is 0 Å². The van der Waals surface area contributed by atoms with Gasteiger partial charge in [0.25, 0.3) is 0 Å². The molecule has 1 aromatic carbocycles. The van der Waals surface area contributed by atoms with Crippen molar-refractivity contribution >= 4 is 31.5 Å². The number of hydrogen-bond donors (Lipinski definition) is 1. The largest absolute Gasteiger partial charge is 0.416 e. The lowest BCUT2D eigenvalue weighted by Gasteiger charge is -2.36. The Hall–Kier alpha value is -0.0631. The maximum atomic E-state index is 6.13. The molecule has 0 radical (unpaired) electrons. The van der Waals surface area contributed by atoms with Crippen molar-refractivity contribution in [2.75, 3.05) is 19.7 Å². The van der Waals surface area contributed by atoms with Crippen LogP contribution in [-0.2, 0) is 10.8 Å². The van der Waals surface area contributed by atoms with Gasteiger partial charge in [-0.25, -0.2) is 0 Å². The van der Waals surface area contributed by atoms with Crippen LogP contribution in [0.5, 0.6) is 0 Å². The smallest absolute Gasteiger partial charge is 0.192 e. The first kappa shape index (κ1) is 20.0. The molecule has 0 aromatic heterocycles. The van der Waals surface area contributed by atoms with Crippen molar-refractivity contribution in [2.45, 2.75) is 51.7 Å². The van der Waals surface area contributed by atoms with E-state index in [9.17, 15) is 0 Å². The second kappa shape index (κ2) is 8.70. The maximum Gasteiger partial charge on any atom is 0.192 e. The lowest BCUT2D eigenvalue weighted by Crippen LogP contribution is -2.42.